The van der Waals surface area contributed by atoms with Gasteiger partial charge in [0.1, 0.15) is 42.7 Å². The Bertz CT molecular complexity index is 1470. The topological polar surface area (TPSA) is 575 Å². The van der Waals surface area contributed by atoms with Gasteiger partial charge < -0.3 is 115 Å². The fourth-order valence-corrected chi connectivity index (χ4v) is 7.02. The summed E-state index contributed by atoms with van der Waals surface area (Å²) in [4.78, 5) is 0. The summed E-state index contributed by atoms with van der Waals surface area (Å²) < 4.78 is 97.1. The van der Waals surface area contributed by atoms with Crippen molar-refractivity contribution in [2.45, 2.75) is 160 Å². The molecule has 61 heavy (non-hydrogen) atoms. The summed E-state index contributed by atoms with van der Waals surface area (Å²) in [7, 11) is -9.33. The van der Waals surface area contributed by atoms with Gasteiger partial charge in [0.05, 0.1) is 55.3 Å². The van der Waals surface area contributed by atoms with E-state index in [1.807, 2.05) is 0 Å². The second kappa shape index (κ2) is 24.4. The Hall–Kier alpha value is -1.14. The Morgan fingerprint density at radius 1 is 0.443 bits per heavy atom. The van der Waals surface area contributed by atoms with Gasteiger partial charge >= 0.3 is 20.8 Å². The first kappa shape index (κ1) is 56.0. The number of aliphatic hydroxyl groups is 8. The third kappa shape index (κ3) is 17.3. The molecule has 0 radical (unpaired) electrons. The maximum absolute atomic E-state index is 10.6. The van der Waals surface area contributed by atoms with Crippen LogP contribution >= 0.6 is 0 Å². The van der Waals surface area contributed by atoms with Crippen LogP contribution in [0, 0.1) is 0 Å². The van der Waals surface area contributed by atoms with Gasteiger partial charge in [0.15, 0.2) is 18.9 Å². The number of ether oxygens (including phenoxy) is 6. The van der Waals surface area contributed by atoms with E-state index in [1.165, 1.54) is 0 Å². The van der Waals surface area contributed by atoms with E-state index in [-0.39, 0.29) is 32.4 Å². The Balaban J connectivity index is 0.000000357. The highest BCUT2D eigenvalue weighted by Gasteiger charge is 2.51. The van der Waals surface area contributed by atoms with Crippen molar-refractivity contribution in [3.05, 3.63) is 0 Å². The van der Waals surface area contributed by atoms with Gasteiger partial charge in [-0.3, -0.25) is 18.2 Å². The molecule has 2 saturated carbocycles. The van der Waals surface area contributed by atoms with Crippen molar-refractivity contribution in [3.63, 3.8) is 0 Å². The van der Waals surface area contributed by atoms with E-state index in [1.54, 1.807) is 0 Å². The lowest BCUT2D eigenvalue weighted by Crippen LogP contribution is -2.66. The molecular formula is C29H64N8O22S2. The maximum Gasteiger partial charge on any atom is 0.394 e. The summed E-state index contributed by atoms with van der Waals surface area (Å²) in [6, 6.07) is -3.81. The standard InChI is InChI=1S/C17H34N4O9.C12H26N4O5.2H2O4S/c18-3-9-8(23)2-7(21)16(27-9)29-14-6(20)1-5(19)11(24)15(14)30-17-13(26)12(25)10(4-22)28-17;13-3-8-7(17)2-6(16)12(20-8)21-11-5(15)1-4(14)9(18)10(11)19;2*1-5(2,3)4/h5-17,22-26H,1-4,18-21H2;4-12,17-19H,1-3,13-16H2;2*(H2,1,2,3,4)/t5-,6+,7-,8+,9-,10-,11+,12-,13-,14-,15-,16-,17+;4-,5+,6-,7+,8-,9+,10-,11-,12-;;/m11../s1. The van der Waals surface area contributed by atoms with Crippen LogP contribution in [0.5, 0.6) is 0 Å². The van der Waals surface area contributed by atoms with Gasteiger partial charge in [-0.1, -0.05) is 0 Å². The summed E-state index contributed by atoms with van der Waals surface area (Å²) in [6.07, 6.45) is -15.4. The predicted octanol–water partition coefficient (Wildman–Crippen LogP) is -11.0. The summed E-state index contributed by atoms with van der Waals surface area (Å²) in [5, 5.41) is 79.7. The molecule has 5 aliphatic rings. The molecule has 22 atom stereocenters. The van der Waals surface area contributed by atoms with E-state index in [0.29, 0.717) is 6.42 Å². The zero-order valence-corrected chi connectivity index (χ0v) is 34.2. The van der Waals surface area contributed by atoms with Crippen molar-refractivity contribution in [3.8, 4) is 0 Å². The molecule has 0 unspecified atom stereocenters. The van der Waals surface area contributed by atoms with Crippen LogP contribution in [0.15, 0.2) is 0 Å². The van der Waals surface area contributed by atoms with Crippen LogP contribution in [0.4, 0.5) is 0 Å². The number of hydrogen-bond donors (Lipinski definition) is 20. The van der Waals surface area contributed by atoms with Gasteiger partial charge in [-0.2, -0.15) is 16.8 Å². The second-order valence-electron chi connectivity index (χ2n) is 15.0. The number of hydrogen-bond acceptors (Lipinski definition) is 26. The lowest BCUT2D eigenvalue weighted by atomic mass is 9.84. The van der Waals surface area contributed by atoms with Crippen molar-refractivity contribution in [1.29, 1.82) is 0 Å². The fraction of sp³-hybridized carbons (Fsp3) is 1.00. The van der Waals surface area contributed by atoms with Crippen LogP contribution in [0.1, 0.15) is 25.7 Å². The largest absolute Gasteiger partial charge is 0.394 e. The highest BCUT2D eigenvalue weighted by molar-refractivity contribution is 7.80. The van der Waals surface area contributed by atoms with Gasteiger partial charge in [-0.25, -0.2) is 0 Å². The number of aliphatic hydroxyl groups excluding tert-OH is 8. The Morgan fingerprint density at radius 2 is 0.803 bits per heavy atom. The monoisotopic (exact) mass is 940 g/mol. The van der Waals surface area contributed by atoms with Crippen molar-refractivity contribution in [1.82, 2.24) is 0 Å². The fourth-order valence-electron chi connectivity index (χ4n) is 7.02. The third-order valence-electron chi connectivity index (χ3n) is 10.2. The average Bonchev–Trinajstić information content (AvgIpc) is 3.41. The SMILES string of the molecule is NC[C@H]1O[C@H](O[C@H]2[C@H](O)[C@@H](O)[C@H](N)C[C@@H]2N)[C@H](N)C[C@@H]1O.NC[C@H]1O[C@H](O[C@H]2[C@H](O[C@@H]3O[C@H](CO)[C@@H](O)[C@H]3O)[C@@H](O)[C@H](N)C[C@@H]2N)[C@H](N)C[C@@H]1O.O=S(=O)(O)O.O=S(=O)(O)O. The van der Waals surface area contributed by atoms with Crippen LogP contribution in [0.2, 0.25) is 0 Å². The molecule has 0 aromatic rings. The first-order valence-corrected chi connectivity index (χ1v) is 21.5. The molecule has 30 nitrogen and oxygen atoms in total. The maximum atomic E-state index is 10.6. The molecule has 0 spiro atoms. The minimum Gasteiger partial charge on any atom is -0.394 e. The van der Waals surface area contributed by atoms with E-state index in [4.69, 9.17) is 109 Å². The Morgan fingerprint density at radius 3 is 1.20 bits per heavy atom. The molecule has 364 valence electrons. The lowest BCUT2D eigenvalue weighted by molar-refractivity contribution is -0.294. The van der Waals surface area contributed by atoms with Gasteiger partial charge in [0.2, 0.25) is 0 Å². The molecule has 3 aliphatic heterocycles. The van der Waals surface area contributed by atoms with E-state index >= 15 is 0 Å². The average molecular weight is 941 g/mol. The molecule has 5 fully saturated rings. The van der Waals surface area contributed by atoms with Crippen molar-refractivity contribution in [2.24, 2.45) is 45.9 Å². The first-order chi connectivity index (χ1) is 28.0. The zero-order chi connectivity index (χ0) is 46.9. The molecule has 28 N–H and O–H groups in total. The van der Waals surface area contributed by atoms with Crippen LogP contribution in [0.25, 0.3) is 0 Å². The normalized spacial score (nSPS) is 45.6. The molecule has 0 aromatic carbocycles. The van der Waals surface area contributed by atoms with Crippen molar-refractivity contribution >= 4 is 20.8 Å². The highest BCUT2D eigenvalue weighted by Crippen LogP contribution is 2.32. The lowest BCUT2D eigenvalue weighted by Gasteiger charge is -2.46. The molecule has 5 rings (SSSR count). The Kier molecular flexibility index (Phi) is 22.4. The second-order valence-corrected chi connectivity index (χ2v) is 16.8. The van der Waals surface area contributed by atoms with Crippen LogP contribution in [-0.4, -0.2) is 230 Å². The van der Waals surface area contributed by atoms with Gasteiger partial charge in [-0.05, 0) is 25.7 Å². The minimum atomic E-state index is -4.67. The molecule has 0 aromatic heterocycles. The number of nitrogens with two attached hydrogens (primary N) is 8. The zero-order valence-electron chi connectivity index (χ0n) is 32.5. The Labute approximate surface area is 350 Å². The molecule has 0 bridgehead atoms. The summed E-state index contributed by atoms with van der Waals surface area (Å²) in [5.41, 5.74) is 46.9. The van der Waals surface area contributed by atoms with Crippen molar-refractivity contribution < 1.29 is 104 Å². The van der Waals surface area contributed by atoms with Crippen LogP contribution < -0.4 is 45.9 Å². The minimum absolute atomic E-state index is 0.0560. The third-order valence-corrected chi connectivity index (χ3v) is 10.2. The molecule has 32 heteroatoms. The van der Waals surface area contributed by atoms with Crippen LogP contribution in [-0.2, 0) is 49.2 Å². The van der Waals surface area contributed by atoms with Gasteiger partial charge in [-0.15, -0.1) is 0 Å². The van der Waals surface area contributed by atoms with E-state index in [9.17, 15) is 40.9 Å². The van der Waals surface area contributed by atoms with Crippen molar-refractivity contribution in [2.75, 3.05) is 19.7 Å². The molecule has 3 heterocycles. The first-order valence-electron chi connectivity index (χ1n) is 18.7. The quantitative estimate of drug-likeness (QED) is 0.0954. The molecular weight excluding hydrogens is 876 g/mol. The van der Waals surface area contributed by atoms with E-state index in [2.05, 4.69) is 0 Å². The molecule has 2 aliphatic carbocycles. The molecule has 0 amide bonds. The van der Waals surface area contributed by atoms with E-state index < -0.39 is 162 Å². The van der Waals surface area contributed by atoms with Crippen LogP contribution in [0.3, 0.4) is 0 Å². The smallest absolute Gasteiger partial charge is 0.394 e. The predicted molar refractivity (Wildman–Crippen MR) is 203 cm³/mol. The summed E-state index contributed by atoms with van der Waals surface area (Å²) in [5.74, 6) is 0. The number of rotatable bonds is 9. The van der Waals surface area contributed by atoms with Gasteiger partial charge in [0.25, 0.3) is 0 Å². The summed E-state index contributed by atoms with van der Waals surface area (Å²) >= 11 is 0. The van der Waals surface area contributed by atoms with E-state index in [0.717, 1.165) is 0 Å². The highest BCUT2D eigenvalue weighted by atomic mass is 32.3. The van der Waals surface area contributed by atoms with Gasteiger partial charge in [0, 0.05) is 37.3 Å². The summed E-state index contributed by atoms with van der Waals surface area (Å²) in [6.45, 7) is -0.348. The molecule has 3 saturated heterocycles.